The first kappa shape index (κ1) is 19.3. The Hall–Kier alpha value is -3.51. The maximum atomic E-state index is 12.5. The minimum Gasteiger partial charge on any atom is -0.454 e. The predicted octanol–water partition coefficient (Wildman–Crippen LogP) is 2.13. The average molecular weight is 396 g/mol. The highest BCUT2D eigenvalue weighted by Gasteiger charge is 2.15. The minimum absolute atomic E-state index is 0.314. The largest absolute Gasteiger partial charge is 0.454 e. The summed E-state index contributed by atoms with van der Waals surface area (Å²) in [7, 11) is 0. The second-order valence-electron chi connectivity index (χ2n) is 6.04. The van der Waals surface area contributed by atoms with Gasteiger partial charge in [-0.3, -0.25) is 19.0 Å². The van der Waals surface area contributed by atoms with E-state index in [1.807, 2.05) is 19.9 Å². The van der Waals surface area contributed by atoms with Crippen molar-refractivity contribution in [3.8, 4) is 6.07 Å². The zero-order chi connectivity index (χ0) is 20.3. The van der Waals surface area contributed by atoms with Gasteiger partial charge in [0.05, 0.1) is 23.3 Å². The van der Waals surface area contributed by atoms with Gasteiger partial charge in [0, 0.05) is 10.6 Å². The Kier molecular flexibility index (Phi) is 5.52. The smallest absolute Gasteiger partial charge is 0.326 e. The highest BCUT2D eigenvalue weighted by atomic mass is 32.1. The normalized spacial score (nSPS) is 10.5. The van der Waals surface area contributed by atoms with E-state index in [0.717, 1.165) is 10.4 Å². The van der Waals surface area contributed by atoms with E-state index in [2.05, 4.69) is 10.3 Å². The van der Waals surface area contributed by atoms with Crippen LogP contribution in [-0.2, 0) is 20.9 Å². The molecule has 0 aliphatic heterocycles. The molecule has 0 spiro atoms. The third-order valence-corrected chi connectivity index (χ3v) is 5.23. The zero-order valence-corrected chi connectivity index (χ0v) is 16.0. The number of thiophene rings is 1. The minimum atomic E-state index is -0.720. The number of fused-ring (bicyclic) bond motifs is 1. The predicted molar refractivity (Wildman–Crippen MR) is 104 cm³/mol. The van der Waals surface area contributed by atoms with E-state index in [0.29, 0.717) is 21.5 Å². The van der Waals surface area contributed by atoms with Gasteiger partial charge in [-0.1, -0.05) is 0 Å². The Morgan fingerprint density at radius 3 is 2.68 bits per heavy atom. The molecule has 1 N–H and O–H groups in total. The second-order valence-corrected chi connectivity index (χ2v) is 7.24. The number of anilines is 1. The first-order valence-corrected chi connectivity index (χ1v) is 9.11. The van der Waals surface area contributed by atoms with Crippen molar-refractivity contribution in [3.05, 3.63) is 57.0 Å². The fourth-order valence-corrected chi connectivity index (χ4v) is 3.53. The number of rotatable bonds is 5. The number of carbonyl (C=O) groups excluding carboxylic acids is 2. The van der Waals surface area contributed by atoms with Crippen LogP contribution in [0.15, 0.2) is 35.4 Å². The van der Waals surface area contributed by atoms with Gasteiger partial charge in [-0.15, -0.1) is 11.3 Å². The Morgan fingerprint density at radius 1 is 1.29 bits per heavy atom. The van der Waals surface area contributed by atoms with Crippen molar-refractivity contribution >= 4 is 39.1 Å². The maximum Gasteiger partial charge on any atom is 0.326 e. The lowest BCUT2D eigenvalue weighted by Gasteiger charge is -2.08. The van der Waals surface area contributed by atoms with Crippen LogP contribution in [-0.4, -0.2) is 28.0 Å². The molecule has 0 atom stereocenters. The van der Waals surface area contributed by atoms with Gasteiger partial charge < -0.3 is 10.1 Å². The van der Waals surface area contributed by atoms with Gasteiger partial charge in [0.15, 0.2) is 6.61 Å². The summed E-state index contributed by atoms with van der Waals surface area (Å²) in [4.78, 5) is 42.3. The van der Waals surface area contributed by atoms with Crippen LogP contribution in [0, 0.1) is 25.2 Å². The monoisotopic (exact) mass is 396 g/mol. The number of amides is 1. The van der Waals surface area contributed by atoms with Gasteiger partial charge in [0.2, 0.25) is 0 Å². The van der Waals surface area contributed by atoms with E-state index in [-0.39, 0.29) is 12.1 Å². The van der Waals surface area contributed by atoms with Crippen molar-refractivity contribution in [3.63, 3.8) is 0 Å². The zero-order valence-electron chi connectivity index (χ0n) is 15.2. The van der Waals surface area contributed by atoms with E-state index in [1.165, 1.54) is 22.2 Å². The molecule has 3 rings (SSSR count). The van der Waals surface area contributed by atoms with Crippen LogP contribution in [0.5, 0.6) is 0 Å². The topological polar surface area (TPSA) is 114 Å². The molecule has 28 heavy (non-hydrogen) atoms. The van der Waals surface area contributed by atoms with E-state index < -0.39 is 18.5 Å². The number of nitrogens with zero attached hydrogens (tertiary/aromatic N) is 3. The molecule has 142 valence electrons. The lowest BCUT2D eigenvalue weighted by atomic mass is 10.2. The lowest BCUT2D eigenvalue weighted by Crippen LogP contribution is -2.28. The van der Waals surface area contributed by atoms with Crippen molar-refractivity contribution in [2.24, 2.45) is 0 Å². The van der Waals surface area contributed by atoms with Crippen LogP contribution in [0.25, 0.3) is 10.2 Å². The number of carbonyl (C=O) groups is 2. The standard InChI is InChI=1S/C19H16N4O4S/c1-11-12(2)28-18-17(11)19(26)23(10-21-18)8-16(25)27-9-15(24)22-14-5-3-13(7-20)4-6-14/h3-6,10H,8-9H2,1-2H3,(H,22,24). The number of hydrogen-bond acceptors (Lipinski definition) is 7. The Balaban J connectivity index is 1.59. The molecule has 0 unspecified atom stereocenters. The fraction of sp³-hybridized carbons (Fsp3) is 0.211. The van der Waals surface area contributed by atoms with Crippen LogP contribution in [0.1, 0.15) is 16.0 Å². The van der Waals surface area contributed by atoms with Crippen LogP contribution in [0.3, 0.4) is 0 Å². The van der Waals surface area contributed by atoms with Crippen molar-refractivity contribution in [1.29, 1.82) is 5.26 Å². The molecule has 0 bridgehead atoms. The summed E-state index contributed by atoms with van der Waals surface area (Å²) in [5.41, 5.74) is 1.48. The van der Waals surface area contributed by atoms with Gasteiger partial charge in [-0.05, 0) is 43.7 Å². The molecule has 2 aromatic heterocycles. The highest BCUT2D eigenvalue weighted by Crippen LogP contribution is 2.25. The molecule has 3 aromatic rings. The number of nitriles is 1. The molecule has 0 fully saturated rings. The van der Waals surface area contributed by atoms with Crippen molar-refractivity contribution < 1.29 is 14.3 Å². The summed E-state index contributed by atoms with van der Waals surface area (Å²) in [5.74, 6) is -1.24. The molecule has 1 aromatic carbocycles. The van der Waals surface area contributed by atoms with E-state index in [1.54, 1.807) is 24.3 Å². The second kappa shape index (κ2) is 8.02. The summed E-state index contributed by atoms with van der Waals surface area (Å²) in [6.45, 7) is 2.93. The third-order valence-electron chi connectivity index (χ3n) is 4.12. The highest BCUT2D eigenvalue weighted by molar-refractivity contribution is 7.18. The number of hydrogen-bond donors (Lipinski definition) is 1. The number of aromatic nitrogens is 2. The molecule has 9 heteroatoms. The summed E-state index contributed by atoms with van der Waals surface area (Å²) >= 11 is 1.43. The number of esters is 1. The SMILES string of the molecule is Cc1sc2ncn(CC(=O)OCC(=O)Nc3ccc(C#N)cc3)c(=O)c2c1C. The maximum absolute atomic E-state index is 12.5. The number of aryl methyl sites for hydroxylation is 2. The first-order chi connectivity index (χ1) is 13.4. The van der Waals surface area contributed by atoms with Gasteiger partial charge in [0.1, 0.15) is 11.4 Å². The van der Waals surface area contributed by atoms with Crippen molar-refractivity contribution in [2.45, 2.75) is 20.4 Å². The molecule has 0 saturated carbocycles. The van der Waals surface area contributed by atoms with Crippen LogP contribution in [0.2, 0.25) is 0 Å². The summed E-state index contributed by atoms with van der Waals surface area (Å²) in [6.07, 6.45) is 1.30. The fourth-order valence-electron chi connectivity index (χ4n) is 2.54. The van der Waals surface area contributed by atoms with Crippen LogP contribution >= 0.6 is 11.3 Å². The molecule has 0 saturated heterocycles. The molecule has 0 radical (unpaired) electrons. The summed E-state index contributed by atoms with van der Waals surface area (Å²) in [6, 6.07) is 8.25. The number of benzene rings is 1. The number of nitrogens with one attached hydrogen (secondary N) is 1. The van der Waals surface area contributed by atoms with Gasteiger partial charge in [-0.2, -0.15) is 5.26 Å². The molecule has 1 amide bonds. The first-order valence-electron chi connectivity index (χ1n) is 8.30. The lowest BCUT2D eigenvalue weighted by molar-refractivity contribution is -0.147. The van der Waals surface area contributed by atoms with Crippen LogP contribution in [0.4, 0.5) is 5.69 Å². The molecule has 0 aliphatic carbocycles. The Bertz CT molecular complexity index is 1160. The Labute approximate surface area is 164 Å². The van der Waals surface area contributed by atoms with Crippen molar-refractivity contribution in [1.82, 2.24) is 9.55 Å². The molecular formula is C19H16N4O4S. The number of ether oxygens (including phenoxy) is 1. The van der Waals surface area contributed by atoms with E-state index in [9.17, 15) is 14.4 Å². The molecular weight excluding hydrogens is 380 g/mol. The van der Waals surface area contributed by atoms with Gasteiger partial charge in [0.25, 0.3) is 11.5 Å². The van der Waals surface area contributed by atoms with E-state index >= 15 is 0 Å². The summed E-state index contributed by atoms with van der Waals surface area (Å²) < 4.78 is 6.11. The molecule has 8 nitrogen and oxygen atoms in total. The third kappa shape index (κ3) is 4.07. The van der Waals surface area contributed by atoms with E-state index in [4.69, 9.17) is 10.00 Å². The average Bonchev–Trinajstić information content (AvgIpc) is 2.97. The molecule has 0 aliphatic rings. The van der Waals surface area contributed by atoms with Gasteiger partial charge >= 0.3 is 5.97 Å². The Morgan fingerprint density at radius 2 is 2.00 bits per heavy atom. The van der Waals surface area contributed by atoms with Crippen LogP contribution < -0.4 is 10.9 Å². The molecule has 2 heterocycles. The summed E-state index contributed by atoms with van der Waals surface area (Å²) in [5, 5.41) is 11.8. The van der Waals surface area contributed by atoms with Crippen molar-refractivity contribution in [2.75, 3.05) is 11.9 Å². The van der Waals surface area contributed by atoms with Gasteiger partial charge in [-0.25, -0.2) is 4.98 Å². The quantitative estimate of drug-likeness (QED) is 0.661.